The molecule has 0 bridgehead atoms. The number of rotatable bonds is 2. The fourth-order valence-electron chi connectivity index (χ4n) is 1.27. The lowest BCUT2D eigenvalue weighted by Crippen LogP contribution is -1.97. The van der Waals surface area contributed by atoms with Gasteiger partial charge in [-0.05, 0) is 12.1 Å². The van der Waals surface area contributed by atoms with Crippen molar-refractivity contribution in [3.8, 4) is 11.3 Å². The lowest BCUT2D eigenvalue weighted by molar-refractivity contribution is 0.0702. The molecule has 6 heteroatoms. The van der Waals surface area contributed by atoms with Gasteiger partial charge in [-0.3, -0.25) is 0 Å². The Morgan fingerprint density at radius 3 is 2.75 bits per heavy atom. The number of carboxylic acid groups (broad SMARTS) is 1. The third kappa shape index (κ3) is 1.79. The van der Waals surface area contributed by atoms with Crippen molar-refractivity contribution < 1.29 is 18.7 Å². The van der Waals surface area contributed by atoms with Gasteiger partial charge in [0.1, 0.15) is 16.5 Å². The number of halogens is 2. The van der Waals surface area contributed by atoms with Crippen LogP contribution in [-0.2, 0) is 0 Å². The summed E-state index contributed by atoms with van der Waals surface area (Å²) >= 11 is 0.894. The second kappa shape index (κ2) is 3.97. The fourth-order valence-corrected chi connectivity index (χ4v) is 1.91. The van der Waals surface area contributed by atoms with Crippen LogP contribution in [0.4, 0.5) is 8.78 Å². The van der Waals surface area contributed by atoms with Crippen LogP contribution in [0.3, 0.4) is 0 Å². The highest BCUT2D eigenvalue weighted by Crippen LogP contribution is 2.27. The van der Waals surface area contributed by atoms with Crippen LogP contribution in [0.5, 0.6) is 0 Å². The Bertz CT molecular complexity index is 554. The zero-order chi connectivity index (χ0) is 11.7. The number of nitrogens with zero attached hydrogens (tertiary/aromatic N) is 1. The molecule has 0 aliphatic rings. The predicted octanol–water partition coefficient (Wildman–Crippen LogP) is 2.79. The third-order valence-electron chi connectivity index (χ3n) is 1.95. The first-order valence-corrected chi connectivity index (χ1v) is 5.10. The average molecular weight is 241 g/mol. The van der Waals surface area contributed by atoms with Crippen LogP contribution < -0.4 is 0 Å². The van der Waals surface area contributed by atoms with Crippen LogP contribution >= 0.6 is 11.3 Å². The SMILES string of the molecule is O=C(O)c1scnc1-c1ccc(F)cc1F. The van der Waals surface area contributed by atoms with Gasteiger partial charge in [-0.15, -0.1) is 11.3 Å². The largest absolute Gasteiger partial charge is 0.477 e. The molecule has 0 atom stereocenters. The molecule has 0 fully saturated rings. The summed E-state index contributed by atoms with van der Waals surface area (Å²) in [6, 6.07) is 2.93. The maximum atomic E-state index is 13.4. The number of aromatic carboxylic acids is 1. The highest BCUT2D eigenvalue weighted by atomic mass is 32.1. The van der Waals surface area contributed by atoms with Gasteiger partial charge >= 0.3 is 5.97 Å². The Balaban J connectivity index is 2.59. The van der Waals surface area contributed by atoms with Crippen LogP contribution in [0.25, 0.3) is 11.3 Å². The minimum absolute atomic E-state index is 0.0138. The fraction of sp³-hybridized carbons (Fsp3) is 0. The topological polar surface area (TPSA) is 50.2 Å². The average Bonchev–Trinajstić information content (AvgIpc) is 2.66. The van der Waals surface area contributed by atoms with E-state index in [4.69, 9.17) is 5.11 Å². The summed E-state index contributed by atoms with van der Waals surface area (Å²) in [4.78, 5) is 14.5. The lowest BCUT2D eigenvalue weighted by Gasteiger charge is -2.00. The highest BCUT2D eigenvalue weighted by Gasteiger charge is 2.18. The van der Waals surface area contributed by atoms with Crippen LogP contribution in [0.15, 0.2) is 23.7 Å². The van der Waals surface area contributed by atoms with Gasteiger partial charge in [-0.1, -0.05) is 0 Å². The van der Waals surface area contributed by atoms with Crippen LogP contribution in [-0.4, -0.2) is 16.1 Å². The van der Waals surface area contributed by atoms with E-state index in [2.05, 4.69) is 4.98 Å². The first-order chi connectivity index (χ1) is 7.59. The van der Waals surface area contributed by atoms with Gasteiger partial charge in [0.05, 0.1) is 11.2 Å². The molecule has 2 aromatic rings. The molecule has 1 heterocycles. The van der Waals surface area contributed by atoms with E-state index >= 15 is 0 Å². The summed E-state index contributed by atoms with van der Waals surface area (Å²) in [5.41, 5.74) is 1.32. The summed E-state index contributed by atoms with van der Waals surface area (Å²) < 4.78 is 26.1. The van der Waals surface area contributed by atoms with E-state index in [1.54, 1.807) is 0 Å². The Morgan fingerprint density at radius 1 is 1.38 bits per heavy atom. The van der Waals surface area contributed by atoms with Crippen LogP contribution in [0.1, 0.15) is 9.67 Å². The number of carboxylic acids is 1. The molecule has 16 heavy (non-hydrogen) atoms. The van der Waals surface area contributed by atoms with Gasteiger partial charge in [0.15, 0.2) is 0 Å². The minimum atomic E-state index is -1.18. The van der Waals surface area contributed by atoms with Gasteiger partial charge in [-0.2, -0.15) is 0 Å². The zero-order valence-corrected chi connectivity index (χ0v) is 8.59. The van der Waals surface area contributed by atoms with Crippen LogP contribution in [0.2, 0.25) is 0 Å². The quantitative estimate of drug-likeness (QED) is 0.879. The molecule has 82 valence electrons. The first kappa shape index (κ1) is 10.7. The van der Waals surface area contributed by atoms with Crippen molar-refractivity contribution in [1.82, 2.24) is 4.98 Å². The van der Waals surface area contributed by atoms with Crippen LogP contribution in [0, 0.1) is 11.6 Å². The highest BCUT2D eigenvalue weighted by molar-refractivity contribution is 7.12. The van der Waals surface area contributed by atoms with E-state index in [0.29, 0.717) is 6.07 Å². The van der Waals surface area contributed by atoms with Crippen molar-refractivity contribution in [3.05, 3.63) is 40.2 Å². The first-order valence-electron chi connectivity index (χ1n) is 4.22. The molecule has 2 rings (SSSR count). The monoisotopic (exact) mass is 241 g/mol. The van der Waals surface area contributed by atoms with Crippen molar-refractivity contribution in [1.29, 1.82) is 0 Å². The van der Waals surface area contributed by atoms with Crippen molar-refractivity contribution in [2.24, 2.45) is 0 Å². The van der Waals surface area contributed by atoms with Crippen molar-refractivity contribution in [2.45, 2.75) is 0 Å². The second-order valence-electron chi connectivity index (χ2n) is 2.96. The maximum Gasteiger partial charge on any atom is 0.348 e. The minimum Gasteiger partial charge on any atom is -0.477 e. The van der Waals surface area contributed by atoms with E-state index in [-0.39, 0.29) is 16.1 Å². The molecule has 0 aliphatic carbocycles. The third-order valence-corrected chi connectivity index (χ3v) is 2.76. The lowest BCUT2D eigenvalue weighted by atomic mass is 10.1. The van der Waals surface area contributed by atoms with Crippen molar-refractivity contribution >= 4 is 17.3 Å². The molecular weight excluding hydrogens is 236 g/mol. The summed E-state index contributed by atoms with van der Waals surface area (Å²) in [7, 11) is 0. The number of hydrogen-bond donors (Lipinski definition) is 1. The molecule has 0 aliphatic heterocycles. The molecule has 0 unspecified atom stereocenters. The summed E-state index contributed by atoms with van der Waals surface area (Å²) in [5, 5.41) is 8.84. The zero-order valence-electron chi connectivity index (χ0n) is 7.78. The van der Waals surface area contributed by atoms with Crippen molar-refractivity contribution in [2.75, 3.05) is 0 Å². The molecule has 0 saturated heterocycles. The number of aromatic nitrogens is 1. The number of carbonyl (C=O) groups is 1. The normalized spacial score (nSPS) is 10.4. The summed E-state index contributed by atoms with van der Waals surface area (Å²) in [6.07, 6.45) is 0. The van der Waals surface area contributed by atoms with E-state index in [1.807, 2.05) is 0 Å². The summed E-state index contributed by atoms with van der Waals surface area (Å²) in [5.74, 6) is -2.72. The standard InChI is InChI=1S/C10H5F2NO2S/c11-5-1-2-6(7(12)3-5)8-9(10(14)15)16-4-13-8/h1-4H,(H,14,15). The van der Waals surface area contributed by atoms with E-state index in [1.165, 1.54) is 11.6 Å². The Morgan fingerprint density at radius 2 is 2.12 bits per heavy atom. The molecule has 1 aromatic heterocycles. The smallest absolute Gasteiger partial charge is 0.348 e. The van der Waals surface area contributed by atoms with Crippen molar-refractivity contribution in [3.63, 3.8) is 0 Å². The molecular formula is C10H5F2NO2S. The van der Waals surface area contributed by atoms with Gasteiger partial charge in [0.2, 0.25) is 0 Å². The van der Waals surface area contributed by atoms with Gasteiger partial charge < -0.3 is 5.11 Å². The Kier molecular flexibility index (Phi) is 2.66. The Labute approximate surface area is 93.0 Å². The van der Waals surface area contributed by atoms with Gasteiger partial charge in [0, 0.05) is 11.6 Å². The molecule has 0 saturated carbocycles. The Hall–Kier alpha value is -1.82. The van der Waals surface area contributed by atoms with Gasteiger partial charge in [0.25, 0.3) is 0 Å². The predicted molar refractivity (Wildman–Crippen MR) is 54.4 cm³/mol. The molecule has 1 aromatic carbocycles. The number of hydrogen-bond acceptors (Lipinski definition) is 3. The molecule has 0 radical (unpaired) electrons. The van der Waals surface area contributed by atoms with E-state index < -0.39 is 17.6 Å². The number of benzene rings is 1. The maximum absolute atomic E-state index is 13.4. The molecule has 3 nitrogen and oxygen atoms in total. The van der Waals surface area contributed by atoms with E-state index in [0.717, 1.165) is 17.4 Å². The second-order valence-corrected chi connectivity index (χ2v) is 3.81. The van der Waals surface area contributed by atoms with E-state index in [9.17, 15) is 13.6 Å². The number of thiazole rings is 1. The molecule has 0 amide bonds. The molecule has 0 spiro atoms. The summed E-state index contributed by atoms with van der Waals surface area (Å²) in [6.45, 7) is 0. The van der Waals surface area contributed by atoms with Gasteiger partial charge in [-0.25, -0.2) is 18.6 Å². The molecule has 1 N–H and O–H groups in total.